The van der Waals surface area contributed by atoms with Crippen LogP contribution in [-0.4, -0.2) is 11.5 Å². The van der Waals surface area contributed by atoms with Crippen LogP contribution >= 0.6 is 12.2 Å². The molecular weight excluding hydrogens is 192 g/mol. The first kappa shape index (κ1) is 11.0. The van der Waals surface area contributed by atoms with Crippen LogP contribution in [-0.2, 0) is 0 Å². The van der Waals surface area contributed by atoms with Crippen molar-refractivity contribution in [1.29, 1.82) is 0 Å². The minimum Gasteiger partial charge on any atom is -0.393 e. The summed E-state index contributed by atoms with van der Waals surface area (Å²) in [4.78, 5) is 0.559. The fraction of sp³-hybridized carbons (Fsp3) is 0.364. The number of rotatable bonds is 4. The Kier molecular flexibility index (Phi) is 3.89. The maximum atomic E-state index is 5.42. The van der Waals surface area contributed by atoms with Crippen molar-refractivity contribution in [3.8, 4) is 0 Å². The SMILES string of the molecule is Cc1cccc(C)c1NCCC(N)=S. The molecule has 1 aromatic rings. The van der Waals surface area contributed by atoms with Crippen molar-refractivity contribution >= 4 is 22.9 Å². The van der Waals surface area contributed by atoms with Gasteiger partial charge in [0.05, 0.1) is 4.99 Å². The molecule has 14 heavy (non-hydrogen) atoms. The van der Waals surface area contributed by atoms with E-state index in [1.54, 1.807) is 0 Å². The predicted octanol–water partition coefficient (Wildman–Crippen LogP) is 2.39. The summed E-state index contributed by atoms with van der Waals surface area (Å²) in [5.74, 6) is 0. The monoisotopic (exact) mass is 208 g/mol. The third-order valence-corrected chi connectivity index (χ3v) is 2.36. The Hall–Kier alpha value is -1.09. The second-order valence-electron chi connectivity index (χ2n) is 3.41. The maximum Gasteiger partial charge on any atom is 0.0745 e. The highest BCUT2D eigenvalue weighted by Gasteiger charge is 2.00. The van der Waals surface area contributed by atoms with E-state index in [2.05, 4.69) is 37.4 Å². The van der Waals surface area contributed by atoms with Crippen molar-refractivity contribution in [1.82, 2.24) is 0 Å². The molecule has 1 aromatic carbocycles. The Morgan fingerprint density at radius 1 is 1.36 bits per heavy atom. The van der Waals surface area contributed by atoms with Gasteiger partial charge in [-0.2, -0.15) is 0 Å². The molecule has 0 aliphatic heterocycles. The van der Waals surface area contributed by atoms with Gasteiger partial charge in [0.2, 0.25) is 0 Å². The molecule has 0 radical (unpaired) electrons. The molecule has 2 nitrogen and oxygen atoms in total. The van der Waals surface area contributed by atoms with Gasteiger partial charge in [-0.05, 0) is 25.0 Å². The van der Waals surface area contributed by atoms with Crippen molar-refractivity contribution < 1.29 is 0 Å². The topological polar surface area (TPSA) is 38.0 Å². The number of para-hydroxylation sites is 1. The van der Waals surface area contributed by atoms with Gasteiger partial charge >= 0.3 is 0 Å². The Morgan fingerprint density at radius 2 is 1.93 bits per heavy atom. The molecule has 0 saturated heterocycles. The molecule has 0 amide bonds. The van der Waals surface area contributed by atoms with Crippen molar-refractivity contribution in [2.75, 3.05) is 11.9 Å². The van der Waals surface area contributed by atoms with Crippen molar-refractivity contribution in [2.24, 2.45) is 5.73 Å². The van der Waals surface area contributed by atoms with Crippen molar-refractivity contribution in [3.05, 3.63) is 29.3 Å². The van der Waals surface area contributed by atoms with Crippen LogP contribution in [0.15, 0.2) is 18.2 Å². The summed E-state index contributed by atoms with van der Waals surface area (Å²) in [5.41, 5.74) is 9.14. The van der Waals surface area contributed by atoms with E-state index in [0.29, 0.717) is 4.99 Å². The summed E-state index contributed by atoms with van der Waals surface area (Å²) in [6, 6.07) is 6.25. The lowest BCUT2D eigenvalue weighted by molar-refractivity contribution is 1.10. The third kappa shape index (κ3) is 3.00. The van der Waals surface area contributed by atoms with Gasteiger partial charge in [0.25, 0.3) is 0 Å². The summed E-state index contributed by atoms with van der Waals surface area (Å²) in [6.45, 7) is 4.99. The second-order valence-corrected chi connectivity index (χ2v) is 3.93. The van der Waals surface area contributed by atoms with E-state index >= 15 is 0 Å². The number of hydrogen-bond donors (Lipinski definition) is 2. The standard InChI is InChI=1S/C11H16N2S/c1-8-4-3-5-9(2)11(8)13-7-6-10(12)14/h3-5,13H,6-7H2,1-2H3,(H2,12,14). The number of anilines is 1. The van der Waals surface area contributed by atoms with Crippen LogP contribution in [0.4, 0.5) is 5.69 Å². The highest BCUT2D eigenvalue weighted by molar-refractivity contribution is 7.80. The first-order valence-electron chi connectivity index (χ1n) is 4.69. The summed E-state index contributed by atoms with van der Waals surface area (Å²) in [7, 11) is 0. The van der Waals surface area contributed by atoms with Gasteiger partial charge in [-0.3, -0.25) is 0 Å². The lowest BCUT2D eigenvalue weighted by Gasteiger charge is -2.11. The number of aryl methyl sites for hydroxylation is 2. The van der Waals surface area contributed by atoms with Crippen LogP contribution in [0.1, 0.15) is 17.5 Å². The molecule has 0 spiro atoms. The molecule has 76 valence electrons. The molecule has 0 atom stereocenters. The van der Waals surface area contributed by atoms with Crippen molar-refractivity contribution in [2.45, 2.75) is 20.3 Å². The molecule has 3 N–H and O–H groups in total. The predicted molar refractivity (Wildman–Crippen MR) is 65.8 cm³/mol. The average molecular weight is 208 g/mol. The molecule has 0 aromatic heterocycles. The minimum atomic E-state index is 0.559. The quantitative estimate of drug-likeness (QED) is 0.746. The molecule has 0 aliphatic carbocycles. The van der Waals surface area contributed by atoms with Gasteiger partial charge < -0.3 is 11.1 Å². The Bertz CT molecular complexity index is 314. The van der Waals surface area contributed by atoms with E-state index in [0.717, 1.165) is 13.0 Å². The zero-order valence-electron chi connectivity index (χ0n) is 8.63. The van der Waals surface area contributed by atoms with Crippen LogP contribution in [0, 0.1) is 13.8 Å². The average Bonchev–Trinajstić information content (AvgIpc) is 2.09. The summed E-state index contributed by atoms with van der Waals surface area (Å²) < 4.78 is 0. The summed E-state index contributed by atoms with van der Waals surface area (Å²) >= 11 is 4.81. The molecule has 3 heteroatoms. The fourth-order valence-electron chi connectivity index (χ4n) is 1.40. The first-order valence-corrected chi connectivity index (χ1v) is 5.10. The van der Waals surface area contributed by atoms with E-state index in [9.17, 15) is 0 Å². The third-order valence-electron chi connectivity index (χ3n) is 2.15. The van der Waals surface area contributed by atoms with E-state index in [-0.39, 0.29) is 0 Å². The molecule has 0 bridgehead atoms. The highest BCUT2D eigenvalue weighted by atomic mass is 32.1. The van der Waals surface area contributed by atoms with Gasteiger partial charge in [0, 0.05) is 18.7 Å². The molecule has 0 heterocycles. The smallest absolute Gasteiger partial charge is 0.0745 e. The second kappa shape index (κ2) is 4.96. The van der Waals surface area contributed by atoms with Gasteiger partial charge in [0.1, 0.15) is 0 Å². The Morgan fingerprint density at radius 3 is 2.43 bits per heavy atom. The lowest BCUT2D eigenvalue weighted by atomic mass is 10.1. The number of nitrogens with one attached hydrogen (secondary N) is 1. The Labute approximate surface area is 90.5 Å². The van der Waals surface area contributed by atoms with Crippen LogP contribution in [0.2, 0.25) is 0 Å². The molecule has 0 unspecified atom stereocenters. The van der Waals surface area contributed by atoms with E-state index in [1.165, 1.54) is 16.8 Å². The molecular formula is C11H16N2S. The Balaban J connectivity index is 2.62. The van der Waals surface area contributed by atoms with Crippen LogP contribution < -0.4 is 11.1 Å². The zero-order chi connectivity index (χ0) is 10.6. The van der Waals surface area contributed by atoms with Gasteiger partial charge in [-0.1, -0.05) is 30.4 Å². The number of hydrogen-bond acceptors (Lipinski definition) is 2. The molecule has 0 fully saturated rings. The molecule has 1 rings (SSSR count). The zero-order valence-corrected chi connectivity index (χ0v) is 9.45. The van der Waals surface area contributed by atoms with Crippen LogP contribution in [0.25, 0.3) is 0 Å². The normalized spacial score (nSPS) is 9.86. The largest absolute Gasteiger partial charge is 0.393 e. The number of nitrogens with two attached hydrogens (primary N) is 1. The summed E-state index contributed by atoms with van der Waals surface area (Å²) in [5, 5.41) is 3.35. The van der Waals surface area contributed by atoms with E-state index in [4.69, 9.17) is 18.0 Å². The molecule has 0 saturated carbocycles. The van der Waals surface area contributed by atoms with Crippen molar-refractivity contribution in [3.63, 3.8) is 0 Å². The van der Waals surface area contributed by atoms with Crippen LogP contribution in [0.5, 0.6) is 0 Å². The van der Waals surface area contributed by atoms with E-state index < -0.39 is 0 Å². The lowest BCUT2D eigenvalue weighted by Crippen LogP contribution is -2.14. The fourth-order valence-corrected chi connectivity index (χ4v) is 1.51. The van der Waals surface area contributed by atoms with Gasteiger partial charge in [-0.25, -0.2) is 0 Å². The van der Waals surface area contributed by atoms with Crippen LogP contribution in [0.3, 0.4) is 0 Å². The van der Waals surface area contributed by atoms with E-state index in [1.807, 2.05) is 0 Å². The highest BCUT2D eigenvalue weighted by Crippen LogP contribution is 2.18. The van der Waals surface area contributed by atoms with Gasteiger partial charge in [-0.15, -0.1) is 0 Å². The maximum absolute atomic E-state index is 5.42. The minimum absolute atomic E-state index is 0.559. The number of benzene rings is 1. The summed E-state index contributed by atoms with van der Waals surface area (Å²) in [6.07, 6.45) is 0.739. The van der Waals surface area contributed by atoms with Gasteiger partial charge in [0.15, 0.2) is 0 Å². The first-order chi connectivity index (χ1) is 6.61. The number of thiocarbonyl (C=S) groups is 1. The molecule has 0 aliphatic rings.